The summed E-state index contributed by atoms with van der Waals surface area (Å²) in [7, 11) is 3.30. The number of carbonyl (C=O) groups excluding carboxylic acids is 1. The average molecular weight is 394 g/mol. The van der Waals surface area contributed by atoms with E-state index < -0.39 is 4.92 Å². The minimum Gasteiger partial charge on any atom is -0.497 e. The first-order valence-electron chi connectivity index (χ1n) is 9.06. The largest absolute Gasteiger partial charge is 0.497 e. The van der Waals surface area contributed by atoms with E-state index in [0.717, 1.165) is 22.1 Å². The minimum absolute atomic E-state index is 0.0939. The van der Waals surface area contributed by atoms with Gasteiger partial charge in [-0.25, -0.2) is 0 Å². The van der Waals surface area contributed by atoms with Crippen LogP contribution in [0.5, 0.6) is 11.5 Å². The number of likely N-dealkylation sites (N-methyl/N-ethyl adjacent to an activating group) is 1. The van der Waals surface area contributed by atoms with Gasteiger partial charge in [-0.3, -0.25) is 14.9 Å². The van der Waals surface area contributed by atoms with E-state index in [9.17, 15) is 14.9 Å². The summed E-state index contributed by atoms with van der Waals surface area (Å²) in [5.74, 6) is 0.618. The molecule has 0 radical (unpaired) electrons. The fourth-order valence-corrected chi connectivity index (χ4v) is 3.09. The molecule has 0 aliphatic heterocycles. The number of nitro groups is 1. The Balaban J connectivity index is 1.66. The number of hydrogen-bond acceptors (Lipinski definition) is 5. The zero-order valence-corrected chi connectivity index (χ0v) is 16.5. The molecule has 7 nitrogen and oxygen atoms in total. The molecule has 0 saturated heterocycles. The van der Waals surface area contributed by atoms with Gasteiger partial charge in [-0.2, -0.15) is 0 Å². The number of methoxy groups -OCH3 is 1. The molecule has 0 N–H and O–H groups in total. The SMILES string of the molecule is COc1ccc2cc(CN(C)C(=O)COc3cccc(C)c3[N+](=O)[O-])ccc2c1. The molecule has 3 rings (SSSR count). The van der Waals surface area contributed by atoms with E-state index in [0.29, 0.717) is 12.1 Å². The highest BCUT2D eigenvalue weighted by atomic mass is 16.6. The number of amides is 1. The maximum absolute atomic E-state index is 12.4. The fourth-order valence-electron chi connectivity index (χ4n) is 3.09. The molecule has 0 aliphatic rings. The molecule has 3 aromatic carbocycles. The van der Waals surface area contributed by atoms with Gasteiger partial charge in [0.25, 0.3) is 5.91 Å². The first-order valence-corrected chi connectivity index (χ1v) is 9.06. The molecule has 0 heterocycles. The number of nitrogens with zero attached hydrogens (tertiary/aromatic N) is 2. The molecule has 0 saturated carbocycles. The first kappa shape index (κ1) is 20.1. The van der Waals surface area contributed by atoms with Crippen LogP contribution >= 0.6 is 0 Å². The zero-order valence-electron chi connectivity index (χ0n) is 16.5. The number of aryl methyl sites for hydroxylation is 1. The molecular formula is C22H22N2O5. The highest BCUT2D eigenvalue weighted by Gasteiger charge is 2.20. The van der Waals surface area contributed by atoms with Crippen LogP contribution in [0, 0.1) is 17.0 Å². The predicted octanol–water partition coefficient (Wildman–Crippen LogP) is 4.10. The number of ether oxygens (including phenoxy) is 2. The van der Waals surface area contributed by atoms with Crippen LogP contribution in [-0.2, 0) is 11.3 Å². The van der Waals surface area contributed by atoms with Gasteiger partial charge in [0.15, 0.2) is 12.4 Å². The van der Waals surface area contributed by atoms with E-state index in [1.165, 1.54) is 11.0 Å². The molecule has 0 atom stereocenters. The van der Waals surface area contributed by atoms with E-state index in [1.54, 1.807) is 33.2 Å². The van der Waals surface area contributed by atoms with Gasteiger partial charge in [-0.1, -0.05) is 30.3 Å². The van der Waals surface area contributed by atoms with Crippen LogP contribution in [0.2, 0.25) is 0 Å². The van der Waals surface area contributed by atoms with Crippen molar-refractivity contribution in [1.82, 2.24) is 4.90 Å². The monoisotopic (exact) mass is 394 g/mol. The van der Waals surface area contributed by atoms with Gasteiger partial charge in [-0.05, 0) is 47.5 Å². The second kappa shape index (κ2) is 8.60. The summed E-state index contributed by atoms with van der Waals surface area (Å²) in [4.78, 5) is 24.7. The van der Waals surface area contributed by atoms with Gasteiger partial charge in [0.1, 0.15) is 5.75 Å². The Morgan fingerprint density at radius 3 is 2.55 bits per heavy atom. The number of nitro benzene ring substituents is 1. The zero-order chi connectivity index (χ0) is 21.0. The molecule has 0 aliphatic carbocycles. The van der Waals surface area contributed by atoms with Crippen molar-refractivity contribution in [3.63, 3.8) is 0 Å². The highest BCUT2D eigenvalue weighted by molar-refractivity contribution is 5.84. The normalized spacial score (nSPS) is 10.6. The van der Waals surface area contributed by atoms with Gasteiger partial charge >= 0.3 is 5.69 Å². The lowest BCUT2D eigenvalue weighted by Gasteiger charge is -2.18. The maximum atomic E-state index is 12.4. The van der Waals surface area contributed by atoms with Gasteiger partial charge in [0.2, 0.25) is 0 Å². The van der Waals surface area contributed by atoms with Crippen LogP contribution in [0.25, 0.3) is 10.8 Å². The Kier molecular flexibility index (Phi) is 5.97. The van der Waals surface area contributed by atoms with Crippen molar-refractivity contribution in [3.8, 4) is 11.5 Å². The van der Waals surface area contributed by atoms with E-state index >= 15 is 0 Å². The van der Waals surface area contributed by atoms with Crippen LogP contribution in [-0.4, -0.2) is 36.5 Å². The van der Waals surface area contributed by atoms with E-state index in [1.807, 2.05) is 36.4 Å². The number of hydrogen-bond donors (Lipinski definition) is 0. The predicted molar refractivity (Wildman–Crippen MR) is 110 cm³/mol. The number of fused-ring (bicyclic) bond motifs is 1. The summed E-state index contributed by atoms with van der Waals surface area (Å²) in [6.07, 6.45) is 0. The van der Waals surface area contributed by atoms with Gasteiger partial charge in [0.05, 0.1) is 12.0 Å². The summed E-state index contributed by atoms with van der Waals surface area (Å²) < 4.78 is 10.7. The Morgan fingerprint density at radius 2 is 1.83 bits per heavy atom. The standard InChI is InChI=1S/C22H22N2O5/c1-15-5-4-6-20(22(15)24(26)27)29-14-21(25)23(2)13-16-7-8-18-12-19(28-3)10-9-17(18)11-16/h4-12H,13-14H2,1-3H3. The number of carbonyl (C=O) groups is 1. The third-order valence-corrected chi connectivity index (χ3v) is 4.69. The topological polar surface area (TPSA) is 81.9 Å². The number of rotatable bonds is 7. The van der Waals surface area contributed by atoms with Crippen molar-refractivity contribution in [2.24, 2.45) is 0 Å². The lowest BCUT2D eigenvalue weighted by Crippen LogP contribution is -2.31. The third-order valence-electron chi connectivity index (χ3n) is 4.69. The third kappa shape index (κ3) is 4.63. The second-order valence-electron chi connectivity index (χ2n) is 6.76. The summed E-state index contributed by atoms with van der Waals surface area (Å²) in [6, 6.07) is 16.6. The Labute approximate surface area is 168 Å². The number of para-hydroxylation sites is 1. The molecular weight excluding hydrogens is 372 g/mol. The maximum Gasteiger partial charge on any atom is 0.313 e. The Bertz CT molecular complexity index is 1060. The van der Waals surface area contributed by atoms with Crippen molar-refractivity contribution in [2.45, 2.75) is 13.5 Å². The van der Waals surface area contributed by atoms with Crippen LogP contribution in [0.15, 0.2) is 54.6 Å². The van der Waals surface area contributed by atoms with Crippen molar-refractivity contribution in [1.29, 1.82) is 0 Å². The summed E-state index contributed by atoms with van der Waals surface area (Å²) >= 11 is 0. The van der Waals surface area contributed by atoms with Crippen molar-refractivity contribution in [2.75, 3.05) is 20.8 Å². The van der Waals surface area contributed by atoms with Crippen LogP contribution in [0.4, 0.5) is 5.69 Å². The van der Waals surface area contributed by atoms with E-state index in [4.69, 9.17) is 9.47 Å². The van der Waals surface area contributed by atoms with E-state index in [-0.39, 0.29) is 24.0 Å². The molecule has 0 fully saturated rings. The first-order chi connectivity index (χ1) is 13.9. The lowest BCUT2D eigenvalue weighted by atomic mass is 10.1. The molecule has 3 aromatic rings. The molecule has 29 heavy (non-hydrogen) atoms. The van der Waals surface area contributed by atoms with Crippen molar-refractivity contribution < 1.29 is 19.2 Å². The van der Waals surface area contributed by atoms with Gasteiger partial charge in [0, 0.05) is 19.2 Å². The van der Waals surface area contributed by atoms with Crippen LogP contribution in [0.3, 0.4) is 0 Å². The molecule has 150 valence electrons. The smallest absolute Gasteiger partial charge is 0.313 e. The second-order valence-corrected chi connectivity index (χ2v) is 6.76. The van der Waals surface area contributed by atoms with Crippen molar-refractivity contribution >= 4 is 22.4 Å². The lowest BCUT2D eigenvalue weighted by molar-refractivity contribution is -0.386. The quantitative estimate of drug-likeness (QED) is 0.445. The highest BCUT2D eigenvalue weighted by Crippen LogP contribution is 2.30. The molecule has 0 bridgehead atoms. The molecule has 0 aromatic heterocycles. The molecule has 0 unspecified atom stereocenters. The number of benzene rings is 3. The molecule has 1 amide bonds. The fraction of sp³-hybridized carbons (Fsp3) is 0.227. The Morgan fingerprint density at radius 1 is 1.10 bits per heavy atom. The van der Waals surface area contributed by atoms with Gasteiger partial charge in [-0.15, -0.1) is 0 Å². The van der Waals surface area contributed by atoms with Gasteiger partial charge < -0.3 is 14.4 Å². The van der Waals surface area contributed by atoms with Crippen LogP contribution < -0.4 is 9.47 Å². The molecule has 7 heteroatoms. The molecule has 0 spiro atoms. The van der Waals surface area contributed by atoms with E-state index in [2.05, 4.69) is 0 Å². The van der Waals surface area contributed by atoms with Crippen molar-refractivity contribution in [3.05, 3.63) is 75.8 Å². The minimum atomic E-state index is -0.497. The summed E-state index contributed by atoms with van der Waals surface area (Å²) in [6.45, 7) is 1.76. The summed E-state index contributed by atoms with van der Waals surface area (Å²) in [5.41, 5.74) is 1.34. The average Bonchev–Trinajstić information content (AvgIpc) is 2.71. The summed E-state index contributed by atoms with van der Waals surface area (Å²) in [5, 5.41) is 13.3. The van der Waals surface area contributed by atoms with Crippen LogP contribution in [0.1, 0.15) is 11.1 Å². The Hall–Kier alpha value is -3.61.